The van der Waals surface area contributed by atoms with Gasteiger partial charge in [0.05, 0.1) is 19.0 Å². The lowest BCUT2D eigenvalue weighted by atomic mass is 10.0. The molecule has 0 saturated carbocycles. The lowest BCUT2D eigenvalue weighted by Crippen LogP contribution is -2.28. The Hall–Kier alpha value is -1.48. The number of fused-ring (bicyclic) bond motifs is 1. The number of nitrogen functional groups attached to an aromatic ring is 1. The standard InChI is InChI=1S/C11H14ClN5O3/c1-4-7(19)5(2-18)20-10(4)17-3-14-6-8(13)15-11(12)16-9(6)17/h3-5,7,10,18-19H,2H2,1H3,(H2,13,15,16)/t4?,5-,7-,10-/m1/s1. The average molecular weight is 300 g/mol. The van der Waals surface area contributed by atoms with Crippen molar-refractivity contribution in [2.45, 2.75) is 25.4 Å². The first kappa shape index (κ1) is 13.5. The quantitative estimate of drug-likeness (QED) is 0.665. The molecule has 1 fully saturated rings. The number of anilines is 1. The predicted octanol–water partition coefficient (Wildman–Crippen LogP) is -0.0514. The second-order valence-corrected chi connectivity index (χ2v) is 5.14. The van der Waals surface area contributed by atoms with E-state index >= 15 is 0 Å². The van der Waals surface area contributed by atoms with Gasteiger partial charge in [0, 0.05) is 5.92 Å². The molecule has 0 amide bonds. The smallest absolute Gasteiger partial charge is 0.226 e. The highest BCUT2D eigenvalue weighted by atomic mass is 35.5. The summed E-state index contributed by atoms with van der Waals surface area (Å²) in [6, 6.07) is 0. The van der Waals surface area contributed by atoms with Crippen molar-refractivity contribution in [3.05, 3.63) is 11.6 Å². The van der Waals surface area contributed by atoms with E-state index in [0.29, 0.717) is 11.2 Å². The van der Waals surface area contributed by atoms with Gasteiger partial charge in [0.2, 0.25) is 5.28 Å². The fourth-order valence-electron chi connectivity index (χ4n) is 2.46. The molecule has 3 heterocycles. The zero-order valence-electron chi connectivity index (χ0n) is 10.6. The molecule has 0 spiro atoms. The number of hydrogen-bond donors (Lipinski definition) is 3. The first-order chi connectivity index (χ1) is 9.52. The van der Waals surface area contributed by atoms with Crippen LogP contribution in [0.5, 0.6) is 0 Å². The minimum atomic E-state index is -0.767. The molecule has 20 heavy (non-hydrogen) atoms. The third-order valence-corrected chi connectivity index (χ3v) is 3.73. The van der Waals surface area contributed by atoms with Gasteiger partial charge in [-0.15, -0.1) is 0 Å². The van der Waals surface area contributed by atoms with Gasteiger partial charge in [-0.25, -0.2) is 4.98 Å². The number of aromatic nitrogens is 4. The van der Waals surface area contributed by atoms with Crippen molar-refractivity contribution >= 4 is 28.6 Å². The maximum Gasteiger partial charge on any atom is 0.226 e. The predicted molar refractivity (Wildman–Crippen MR) is 70.9 cm³/mol. The van der Waals surface area contributed by atoms with Crippen LogP contribution in [0, 0.1) is 5.92 Å². The van der Waals surface area contributed by atoms with Crippen LogP contribution in [0.2, 0.25) is 5.28 Å². The number of ether oxygens (including phenoxy) is 1. The van der Waals surface area contributed by atoms with E-state index in [1.165, 1.54) is 6.33 Å². The van der Waals surface area contributed by atoms with Gasteiger partial charge >= 0.3 is 0 Å². The molecule has 1 unspecified atom stereocenters. The summed E-state index contributed by atoms with van der Waals surface area (Å²) in [6.45, 7) is 1.56. The van der Waals surface area contributed by atoms with Crippen LogP contribution in [0.3, 0.4) is 0 Å². The molecule has 0 aliphatic carbocycles. The molecule has 0 aromatic carbocycles. The van der Waals surface area contributed by atoms with E-state index in [1.54, 1.807) is 4.57 Å². The van der Waals surface area contributed by atoms with Gasteiger partial charge in [0.25, 0.3) is 0 Å². The molecule has 1 aliphatic heterocycles. The molecule has 1 saturated heterocycles. The number of aliphatic hydroxyl groups excluding tert-OH is 2. The maximum absolute atomic E-state index is 10.0. The zero-order chi connectivity index (χ0) is 14.4. The molecule has 0 radical (unpaired) electrons. The Morgan fingerprint density at radius 3 is 2.90 bits per heavy atom. The monoisotopic (exact) mass is 299 g/mol. The average Bonchev–Trinajstić information content (AvgIpc) is 2.93. The Morgan fingerprint density at radius 2 is 2.25 bits per heavy atom. The van der Waals surface area contributed by atoms with Gasteiger partial charge in [0.15, 0.2) is 11.5 Å². The number of aliphatic hydroxyl groups is 2. The largest absolute Gasteiger partial charge is 0.394 e. The van der Waals surface area contributed by atoms with Crippen molar-refractivity contribution in [2.75, 3.05) is 12.3 Å². The Bertz CT molecular complexity index is 648. The van der Waals surface area contributed by atoms with Crippen LogP contribution >= 0.6 is 11.6 Å². The van der Waals surface area contributed by atoms with Crippen LogP contribution in [-0.4, -0.2) is 48.5 Å². The highest BCUT2D eigenvalue weighted by Gasteiger charge is 2.42. The molecular formula is C11H14ClN5O3. The first-order valence-corrected chi connectivity index (χ1v) is 6.50. The topological polar surface area (TPSA) is 119 Å². The SMILES string of the molecule is CC1[C@@H](O)[C@@H](CO)O[C@H]1n1cnc2c(N)nc(Cl)nc21. The molecule has 3 rings (SSSR count). The third kappa shape index (κ3) is 1.92. The lowest BCUT2D eigenvalue weighted by Gasteiger charge is -2.17. The van der Waals surface area contributed by atoms with Crippen molar-refractivity contribution in [2.24, 2.45) is 5.92 Å². The summed E-state index contributed by atoms with van der Waals surface area (Å²) < 4.78 is 7.29. The summed E-state index contributed by atoms with van der Waals surface area (Å²) in [5.74, 6) is -0.0526. The van der Waals surface area contributed by atoms with Crippen LogP contribution < -0.4 is 5.73 Å². The summed E-state index contributed by atoms with van der Waals surface area (Å²) in [6.07, 6.45) is -0.392. The summed E-state index contributed by atoms with van der Waals surface area (Å²) in [4.78, 5) is 12.1. The highest BCUT2D eigenvalue weighted by Crippen LogP contribution is 2.36. The zero-order valence-corrected chi connectivity index (χ0v) is 11.4. The number of nitrogens with zero attached hydrogens (tertiary/aromatic N) is 4. The number of rotatable bonds is 2. The fraction of sp³-hybridized carbons (Fsp3) is 0.545. The minimum Gasteiger partial charge on any atom is -0.394 e. The van der Waals surface area contributed by atoms with E-state index in [0.717, 1.165) is 0 Å². The highest BCUT2D eigenvalue weighted by molar-refractivity contribution is 6.28. The van der Waals surface area contributed by atoms with E-state index in [2.05, 4.69) is 15.0 Å². The van der Waals surface area contributed by atoms with Crippen molar-refractivity contribution in [1.29, 1.82) is 0 Å². The Morgan fingerprint density at radius 1 is 1.50 bits per heavy atom. The number of imidazole rings is 1. The van der Waals surface area contributed by atoms with Crippen molar-refractivity contribution in [3.8, 4) is 0 Å². The number of nitrogens with two attached hydrogens (primary N) is 1. The third-order valence-electron chi connectivity index (χ3n) is 3.56. The summed E-state index contributed by atoms with van der Waals surface area (Å²) >= 11 is 5.81. The van der Waals surface area contributed by atoms with E-state index in [-0.39, 0.29) is 23.6 Å². The molecule has 8 nitrogen and oxygen atoms in total. The lowest BCUT2D eigenvalue weighted by molar-refractivity contribution is -0.0447. The van der Waals surface area contributed by atoms with Crippen LogP contribution in [0.25, 0.3) is 11.2 Å². The van der Waals surface area contributed by atoms with E-state index in [1.807, 2.05) is 6.92 Å². The molecule has 2 aromatic rings. The van der Waals surface area contributed by atoms with Gasteiger partial charge in [0.1, 0.15) is 17.8 Å². The molecule has 4 N–H and O–H groups in total. The van der Waals surface area contributed by atoms with Crippen LogP contribution in [0.4, 0.5) is 5.82 Å². The second kappa shape index (κ2) is 4.81. The molecule has 108 valence electrons. The van der Waals surface area contributed by atoms with Gasteiger partial charge in [-0.1, -0.05) is 6.92 Å². The van der Waals surface area contributed by atoms with Crippen LogP contribution in [0.15, 0.2) is 6.33 Å². The molecule has 1 aliphatic rings. The fourth-order valence-corrected chi connectivity index (χ4v) is 2.63. The van der Waals surface area contributed by atoms with E-state index in [9.17, 15) is 10.2 Å². The van der Waals surface area contributed by atoms with Crippen molar-refractivity contribution < 1.29 is 14.9 Å². The minimum absolute atomic E-state index is 0.0154. The van der Waals surface area contributed by atoms with Crippen molar-refractivity contribution in [1.82, 2.24) is 19.5 Å². The van der Waals surface area contributed by atoms with Crippen LogP contribution in [-0.2, 0) is 4.74 Å². The summed E-state index contributed by atoms with van der Waals surface area (Å²) in [5, 5.41) is 19.2. The van der Waals surface area contributed by atoms with Gasteiger partial charge in [-0.2, -0.15) is 9.97 Å². The van der Waals surface area contributed by atoms with Crippen LogP contribution in [0.1, 0.15) is 13.2 Å². The van der Waals surface area contributed by atoms with Crippen molar-refractivity contribution in [3.63, 3.8) is 0 Å². The molecule has 4 atom stereocenters. The van der Waals surface area contributed by atoms with Gasteiger partial charge < -0.3 is 20.7 Å². The second-order valence-electron chi connectivity index (χ2n) is 4.80. The van der Waals surface area contributed by atoms with Gasteiger partial charge in [-0.3, -0.25) is 4.57 Å². The number of halogens is 1. The van der Waals surface area contributed by atoms with E-state index in [4.69, 9.17) is 22.1 Å². The Balaban J connectivity index is 2.07. The summed E-state index contributed by atoms with van der Waals surface area (Å²) in [5.41, 5.74) is 6.60. The van der Waals surface area contributed by atoms with Gasteiger partial charge in [-0.05, 0) is 11.6 Å². The van der Waals surface area contributed by atoms with E-state index < -0.39 is 18.4 Å². The molecule has 0 bridgehead atoms. The molecular weight excluding hydrogens is 286 g/mol. The maximum atomic E-state index is 10.0. The Labute approximate surface area is 119 Å². The number of hydrogen-bond acceptors (Lipinski definition) is 7. The summed E-state index contributed by atoms with van der Waals surface area (Å²) in [7, 11) is 0. The molecule has 9 heteroatoms. The molecule has 2 aromatic heterocycles. The Kier molecular flexibility index (Phi) is 3.25. The normalized spacial score (nSPS) is 30.2. The first-order valence-electron chi connectivity index (χ1n) is 6.13.